The van der Waals surface area contributed by atoms with Crippen LogP contribution in [0.15, 0.2) is 66.7 Å². The molecule has 3 amide bonds. The summed E-state index contributed by atoms with van der Waals surface area (Å²) in [5.74, 6) is -1.26. The highest BCUT2D eigenvalue weighted by molar-refractivity contribution is 6.31. The van der Waals surface area contributed by atoms with E-state index in [2.05, 4.69) is 16.2 Å². The van der Waals surface area contributed by atoms with Crippen molar-refractivity contribution in [2.24, 2.45) is 0 Å². The zero-order valence-electron chi connectivity index (χ0n) is 16.9. The molecule has 0 aliphatic heterocycles. The largest absolute Gasteiger partial charge is 0.326 e. The molecule has 3 aromatic carbocycles. The zero-order valence-corrected chi connectivity index (χ0v) is 17.7. The van der Waals surface area contributed by atoms with E-state index >= 15 is 0 Å². The topological polar surface area (TPSA) is 87.3 Å². The van der Waals surface area contributed by atoms with Gasteiger partial charge in [0, 0.05) is 29.6 Å². The van der Waals surface area contributed by atoms with Gasteiger partial charge in [-0.15, -0.1) is 0 Å². The van der Waals surface area contributed by atoms with Gasteiger partial charge in [0.1, 0.15) is 0 Å². The number of amides is 3. The summed E-state index contributed by atoms with van der Waals surface area (Å²) >= 11 is 6.03. The van der Waals surface area contributed by atoms with Crippen molar-refractivity contribution in [3.8, 4) is 0 Å². The van der Waals surface area contributed by atoms with E-state index in [-0.39, 0.29) is 18.7 Å². The van der Waals surface area contributed by atoms with Gasteiger partial charge in [0.15, 0.2) is 0 Å². The Hall–Kier alpha value is -3.64. The second-order valence-corrected chi connectivity index (χ2v) is 7.31. The SMILES string of the molecule is Cc1c(Cl)cccc1NC(=O)CCC(=O)NNC(=O)/C=C/c1cccc2ccccc12. The van der Waals surface area contributed by atoms with Gasteiger partial charge in [-0.25, -0.2) is 0 Å². The average molecular weight is 436 g/mol. The van der Waals surface area contributed by atoms with Crippen LogP contribution in [-0.2, 0) is 14.4 Å². The van der Waals surface area contributed by atoms with E-state index in [0.717, 1.165) is 21.9 Å². The molecule has 6 nitrogen and oxygen atoms in total. The molecule has 0 fully saturated rings. The van der Waals surface area contributed by atoms with Crippen LogP contribution in [0.5, 0.6) is 0 Å². The lowest BCUT2D eigenvalue weighted by atomic mass is 10.0. The minimum Gasteiger partial charge on any atom is -0.326 e. The van der Waals surface area contributed by atoms with Crippen molar-refractivity contribution < 1.29 is 14.4 Å². The molecule has 0 saturated carbocycles. The summed E-state index contributed by atoms with van der Waals surface area (Å²) < 4.78 is 0. The number of halogens is 1. The highest BCUT2D eigenvalue weighted by Gasteiger charge is 2.10. The maximum atomic E-state index is 12.1. The number of rotatable bonds is 6. The van der Waals surface area contributed by atoms with Crippen molar-refractivity contribution in [3.63, 3.8) is 0 Å². The van der Waals surface area contributed by atoms with Crippen molar-refractivity contribution in [2.45, 2.75) is 19.8 Å². The Morgan fingerprint density at radius 3 is 2.42 bits per heavy atom. The molecule has 3 rings (SSSR count). The summed E-state index contributed by atoms with van der Waals surface area (Å²) in [6.07, 6.45) is 2.93. The van der Waals surface area contributed by atoms with E-state index in [1.807, 2.05) is 42.5 Å². The van der Waals surface area contributed by atoms with Gasteiger partial charge in [0.2, 0.25) is 11.8 Å². The highest BCUT2D eigenvalue weighted by Crippen LogP contribution is 2.23. The first-order chi connectivity index (χ1) is 14.9. The number of carbonyl (C=O) groups is 3. The molecule has 0 aliphatic carbocycles. The molecular weight excluding hydrogens is 414 g/mol. The summed E-state index contributed by atoms with van der Waals surface area (Å²) in [6.45, 7) is 1.80. The molecule has 0 radical (unpaired) electrons. The second kappa shape index (κ2) is 10.4. The first-order valence-electron chi connectivity index (χ1n) is 9.73. The van der Waals surface area contributed by atoms with Gasteiger partial charge in [-0.05, 0) is 47.0 Å². The van der Waals surface area contributed by atoms with Crippen LogP contribution in [0.2, 0.25) is 5.02 Å². The van der Waals surface area contributed by atoms with E-state index < -0.39 is 11.8 Å². The van der Waals surface area contributed by atoms with E-state index in [0.29, 0.717) is 10.7 Å². The lowest BCUT2D eigenvalue weighted by Crippen LogP contribution is -2.41. The van der Waals surface area contributed by atoms with Gasteiger partial charge in [-0.3, -0.25) is 25.2 Å². The number of carbonyl (C=O) groups excluding carboxylic acids is 3. The quantitative estimate of drug-likeness (QED) is 0.396. The van der Waals surface area contributed by atoms with Crippen molar-refractivity contribution >= 4 is 51.9 Å². The molecule has 0 atom stereocenters. The molecule has 0 saturated heterocycles. The third-order valence-electron chi connectivity index (χ3n) is 4.68. The average Bonchev–Trinajstić information content (AvgIpc) is 2.78. The minimum absolute atomic E-state index is 0.0283. The molecular formula is C24H22ClN3O3. The van der Waals surface area contributed by atoms with Crippen LogP contribution in [0.4, 0.5) is 5.69 Å². The summed E-state index contributed by atoms with van der Waals surface area (Å²) in [7, 11) is 0. The van der Waals surface area contributed by atoms with Crippen LogP contribution < -0.4 is 16.2 Å². The van der Waals surface area contributed by atoms with Crippen molar-refractivity contribution in [1.29, 1.82) is 0 Å². The molecule has 158 valence electrons. The molecule has 7 heteroatoms. The Morgan fingerprint density at radius 1 is 0.871 bits per heavy atom. The predicted octanol–water partition coefficient (Wildman–Crippen LogP) is 4.38. The monoisotopic (exact) mass is 435 g/mol. The lowest BCUT2D eigenvalue weighted by Gasteiger charge is -2.09. The number of hydrogen-bond acceptors (Lipinski definition) is 3. The number of hydrazine groups is 1. The second-order valence-electron chi connectivity index (χ2n) is 6.90. The number of nitrogens with one attached hydrogen (secondary N) is 3. The third-order valence-corrected chi connectivity index (χ3v) is 5.09. The summed E-state index contributed by atoms with van der Waals surface area (Å²) in [5.41, 5.74) is 6.88. The van der Waals surface area contributed by atoms with Gasteiger partial charge < -0.3 is 5.32 Å². The zero-order chi connectivity index (χ0) is 22.2. The van der Waals surface area contributed by atoms with E-state index in [1.54, 1.807) is 31.2 Å². The van der Waals surface area contributed by atoms with Crippen LogP contribution in [-0.4, -0.2) is 17.7 Å². The smallest absolute Gasteiger partial charge is 0.262 e. The summed E-state index contributed by atoms with van der Waals surface area (Å²) in [4.78, 5) is 36.0. The molecule has 31 heavy (non-hydrogen) atoms. The highest BCUT2D eigenvalue weighted by atomic mass is 35.5. The minimum atomic E-state index is -0.472. The van der Waals surface area contributed by atoms with Crippen molar-refractivity contribution in [2.75, 3.05) is 5.32 Å². The molecule has 0 bridgehead atoms. The van der Waals surface area contributed by atoms with Crippen LogP contribution in [0.25, 0.3) is 16.8 Å². The number of hydrogen-bond donors (Lipinski definition) is 3. The van der Waals surface area contributed by atoms with E-state index in [4.69, 9.17) is 11.6 Å². The normalized spacial score (nSPS) is 10.8. The van der Waals surface area contributed by atoms with Crippen LogP contribution in [0, 0.1) is 6.92 Å². The Labute approximate surface area is 185 Å². The van der Waals surface area contributed by atoms with Crippen molar-refractivity contribution in [1.82, 2.24) is 10.9 Å². The Balaban J connectivity index is 1.45. The molecule has 0 aliphatic rings. The number of benzene rings is 3. The van der Waals surface area contributed by atoms with Gasteiger partial charge in [0.25, 0.3) is 5.91 Å². The number of anilines is 1. The maximum Gasteiger partial charge on any atom is 0.262 e. The fourth-order valence-corrected chi connectivity index (χ4v) is 3.15. The molecule has 3 N–H and O–H groups in total. The Bertz CT molecular complexity index is 1150. The van der Waals surface area contributed by atoms with Crippen LogP contribution in [0.1, 0.15) is 24.0 Å². The Morgan fingerprint density at radius 2 is 1.58 bits per heavy atom. The summed E-state index contributed by atoms with van der Waals surface area (Å²) in [6, 6.07) is 18.9. The Kier molecular flexibility index (Phi) is 7.40. The molecule has 0 unspecified atom stereocenters. The van der Waals surface area contributed by atoms with E-state index in [1.165, 1.54) is 6.08 Å². The maximum absolute atomic E-state index is 12.1. The molecule has 0 spiro atoms. The first-order valence-corrected chi connectivity index (χ1v) is 10.1. The molecule has 3 aromatic rings. The van der Waals surface area contributed by atoms with Crippen molar-refractivity contribution in [3.05, 3.63) is 82.9 Å². The first kappa shape index (κ1) is 22.1. The fourth-order valence-electron chi connectivity index (χ4n) is 2.98. The summed E-state index contributed by atoms with van der Waals surface area (Å²) in [5, 5.41) is 5.37. The van der Waals surface area contributed by atoms with E-state index in [9.17, 15) is 14.4 Å². The van der Waals surface area contributed by atoms with Crippen LogP contribution in [0.3, 0.4) is 0 Å². The lowest BCUT2D eigenvalue weighted by molar-refractivity contribution is -0.128. The van der Waals surface area contributed by atoms with Gasteiger partial charge in [-0.2, -0.15) is 0 Å². The standard InChI is InChI=1S/C24H22ClN3O3/c1-16-20(25)10-5-11-21(16)26-22(29)14-15-24(31)28-27-23(30)13-12-18-8-4-7-17-6-2-3-9-19(17)18/h2-13H,14-15H2,1H3,(H,26,29)(H,27,30)(H,28,31)/b13-12+. The fraction of sp³-hybridized carbons (Fsp3) is 0.125. The van der Waals surface area contributed by atoms with Crippen LogP contribution >= 0.6 is 11.6 Å². The van der Waals surface area contributed by atoms with Gasteiger partial charge >= 0.3 is 0 Å². The van der Waals surface area contributed by atoms with Gasteiger partial charge in [0.05, 0.1) is 0 Å². The molecule has 0 aromatic heterocycles. The molecule has 0 heterocycles. The predicted molar refractivity (Wildman–Crippen MR) is 123 cm³/mol. The third kappa shape index (κ3) is 6.17. The van der Waals surface area contributed by atoms with Gasteiger partial charge in [-0.1, -0.05) is 60.1 Å². The number of fused-ring (bicyclic) bond motifs is 1.